The Labute approximate surface area is 335 Å². The normalized spacial score (nSPS) is 11.8. The Morgan fingerprint density at radius 2 is 0.500 bits per heavy atom. The number of nitrogens with zero attached hydrogens (tertiary/aromatic N) is 2. The van der Waals surface area contributed by atoms with E-state index in [4.69, 9.17) is 9.97 Å². The van der Waals surface area contributed by atoms with Gasteiger partial charge in [0.05, 0.1) is 11.0 Å². The third-order valence-electron chi connectivity index (χ3n) is 12.0. The van der Waals surface area contributed by atoms with Gasteiger partial charge in [0.25, 0.3) is 0 Å². The zero-order valence-corrected chi connectivity index (χ0v) is 31.5. The molecule has 0 amide bonds. The molecule has 268 valence electrons. The maximum atomic E-state index is 4.87. The smallest absolute Gasteiger partial charge is 0.0702 e. The fourth-order valence-corrected chi connectivity index (χ4v) is 9.47. The Morgan fingerprint density at radius 1 is 0.224 bits per heavy atom. The molecule has 12 aromatic rings. The van der Waals surface area contributed by atoms with Crippen LogP contribution in [0.15, 0.2) is 207 Å². The van der Waals surface area contributed by atoms with Gasteiger partial charge in [0.15, 0.2) is 0 Å². The van der Waals surface area contributed by atoms with E-state index in [-0.39, 0.29) is 0 Å². The van der Waals surface area contributed by atoms with E-state index < -0.39 is 0 Å². The highest BCUT2D eigenvalue weighted by molar-refractivity contribution is 6.23. The molecular formula is C56H34N2. The Bertz CT molecular complexity index is 3280. The number of hydrogen-bond acceptors (Lipinski definition) is 2. The molecule has 0 bridgehead atoms. The summed E-state index contributed by atoms with van der Waals surface area (Å²) in [4.78, 5) is 9.75. The van der Waals surface area contributed by atoms with E-state index in [1.807, 2.05) is 24.5 Å². The molecule has 10 aromatic carbocycles. The van der Waals surface area contributed by atoms with E-state index in [0.29, 0.717) is 0 Å². The van der Waals surface area contributed by atoms with Crippen LogP contribution in [0.4, 0.5) is 0 Å². The first kappa shape index (κ1) is 32.6. The van der Waals surface area contributed by atoms with Gasteiger partial charge in [-0.2, -0.15) is 0 Å². The summed E-state index contributed by atoms with van der Waals surface area (Å²) in [5.74, 6) is 0. The van der Waals surface area contributed by atoms with E-state index in [2.05, 4.69) is 182 Å². The molecule has 0 aliphatic heterocycles. The topological polar surface area (TPSA) is 25.8 Å². The number of para-hydroxylation sites is 2. The second kappa shape index (κ2) is 12.9. The Balaban J connectivity index is 1.03. The molecule has 0 aliphatic carbocycles. The fourth-order valence-electron chi connectivity index (χ4n) is 9.47. The number of aromatic nitrogens is 2. The number of pyridine rings is 2. The predicted octanol–water partition coefficient (Wildman–Crippen LogP) is 15.2. The van der Waals surface area contributed by atoms with Crippen LogP contribution in [0.1, 0.15) is 0 Å². The van der Waals surface area contributed by atoms with Crippen molar-refractivity contribution in [2.75, 3.05) is 0 Å². The molecule has 58 heavy (non-hydrogen) atoms. The van der Waals surface area contributed by atoms with Gasteiger partial charge >= 0.3 is 0 Å². The quantitative estimate of drug-likeness (QED) is 0.168. The second-order valence-electron chi connectivity index (χ2n) is 15.3. The summed E-state index contributed by atoms with van der Waals surface area (Å²) in [7, 11) is 0. The molecule has 0 spiro atoms. The molecule has 0 radical (unpaired) electrons. The van der Waals surface area contributed by atoms with Crippen molar-refractivity contribution < 1.29 is 0 Å². The van der Waals surface area contributed by atoms with Crippen LogP contribution in [0, 0.1) is 0 Å². The minimum atomic E-state index is 1.01. The molecule has 2 nitrogen and oxygen atoms in total. The second-order valence-corrected chi connectivity index (χ2v) is 15.3. The van der Waals surface area contributed by atoms with Crippen molar-refractivity contribution in [3.63, 3.8) is 0 Å². The number of hydrogen-bond donors (Lipinski definition) is 0. The molecule has 2 heteroatoms. The predicted molar refractivity (Wildman–Crippen MR) is 246 cm³/mol. The van der Waals surface area contributed by atoms with Crippen LogP contribution in [-0.4, -0.2) is 9.97 Å². The third-order valence-corrected chi connectivity index (χ3v) is 12.0. The Morgan fingerprint density at radius 3 is 0.845 bits per heavy atom. The minimum absolute atomic E-state index is 1.01. The number of benzene rings is 10. The van der Waals surface area contributed by atoms with Crippen molar-refractivity contribution in [3.05, 3.63) is 207 Å². The zero-order chi connectivity index (χ0) is 38.2. The van der Waals surface area contributed by atoms with Crippen LogP contribution in [-0.2, 0) is 0 Å². The molecular weight excluding hydrogens is 701 g/mol. The lowest BCUT2D eigenvalue weighted by Crippen LogP contribution is -1.92. The molecule has 2 heterocycles. The maximum absolute atomic E-state index is 4.87. The van der Waals surface area contributed by atoms with Crippen LogP contribution < -0.4 is 0 Å². The number of rotatable bonds is 4. The lowest BCUT2D eigenvalue weighted by Gasteiger charge is -2.19. The van der Waals surface area contributed by atoms with Crippen molar-refractivity contribution in [2.24, 2.45) is 0 Å². The SMILES string of the molecule is c1ccc2ncc(-c3c4ccccc4c(-c4ccc5cc(-c6c7ccccc7c(-c7cnc8ccccc8c7)c7ccccc67)ccc5c4)c4ccccc34)cc2c1. The van der Waals surface area contributed by atoms with Gasteiger partial charge in [-0.25, -0.2) is 0 Å². The molecule has 0 N–H and O–H groups in total. The zero-order valence-electron chi connectivity index (χ0n) is 31.5. The maximum Gasteiger partial charge on any atom is 0.0702 e. The van der Waals surface area contributed by atoms with Crippen molar-refractivity contribution in [3.8, 4) is 44.5 Å². The third kappa shape index (κ3) is 5.05. The summed E-state index contributed by atoms with van der Waals surface area (Å²) >= 11 is 0. The van der Waals surface area contributed by atoms with Crippen molar-refractivity contribution in [1.82, 2.24) is 9.97 Å². The molecule has 12 rings (SSSR count). The summed E-state index contributed by atoms with van der Waals surface area (Å²) in [5, 5.41) is 14.6. The van der Waals surface area contributed by atoms with Gasteiger partial charge in [-0.3, -0.25) is 9.97 Å². The summed E-state index contributed by atoms with van der Waals surface area (Å²) < 4.78 is 0. The summed E-state index contributed by atoms with van der Waals surface area (Å²) in [5.41, 5.74) is 11.6. The van der Waals surface area contributed by atoms with Crippen LogP contribution in [0.2, 0.25) is 0 Å². The van der Waals surface area contributed by atoms with E-state index in [9.17, 15) is 0 Å². The standard InChI is InChI=1S/C56H34N2/c1-11-23-51-37(13-1)31-41(33-57-51)55-47-19-7-3-15-43(47)53(44-16-4-8-20-48(44)55)39-27-25-36-30-40(28-26-35(36)29-39)54-45-17-5-9-21-49(45)56(50-22-10-6-18-46(50)54)42-32-38-14-2-12-24-52(38)58-34-42/h1-34H. The molecule has 0 aliphatic rings. The molecule has 0 unspecified atom stereocenters. The Hall–Kier alpha value is -7.68. The van der Waals surface area contributed by atoms with Crippen LogP contribution >= 0.6 is 0 Å². The van der Waals surface area contributed by atoms with E-state index in [0.717, 1.165) is 32.9 Å². The molecule has 0 atom stereocenters. The average molecular weight is 735 g/mol. The fraction of sp³-hybridized carbons (Fsp3) is 0. The highest BCUT2D eigenvalue weighted by Gasteiger charge is 2.19. The lowest BCUT2D eigenvalue weighted by molar-refractivity contribution is 1.41. The van der Waals surface area contributed by atoms with Gasteiger partial charge in [0.1, 0.15) is 0 Å². The summed E-state index contributed by atoms with van der Waals surface area (Å²) in [6.07, 6.45) is 4.06. The first-order chi connectivity index (χ1) is 28.8. The van der Waals surface area contributed by atoms with Crippen molar-refractivity contribution >= 4 is 75.7 Å². The average Bonchev–Trinajstić information content (AvgIpc) is 3.29. The molecule has 0 saturated carbocycles. The van der Waals surface area contributed by atoms with E-state index >= 15 is 0 Å². The summed E-state index contributed by atoms with van der Waals surface area (Å²) in [6.45, 7) is 0. The van der Waals surface area contributed by atoms with Gasteiger partial charge in [0, 0.05) is 34.3 Å². The van der Waals surface area contributed by atoms with E-state index in [1.165, 1.54) is 87.2 Å². The number of fused-ring (bicyclic) bond motifs is 7. The molecule has 0 saturated heterocycles. The van der Waals surface area contributed by atoms with Gasteiger partial charge in [-0.05, 0) is 124 Å². The lowest BCUT2D eigenvalue weighted by atomic mass is 9.84. The molecule has 2 aromatic heterocycles. The van der Waals surface area contributed by atoms with Crippen LogP contribution in [0.3, 0.4) is 0 Å². The largest absolute Gasteiger partial charge is 0.256 e. The van der Waals surface area contributed by atoms with E-state index in [1.54, 1.807) is 0 Å². The first-order valence-corrected chi connectivity index (χ1v) is 19.9. The Kier molecular flexibility index (Phi) is 7.26. The van der Waals surface area contributed by atoms with Gasteiger partial charge in [-0.1, -0.05) is 158 Å². The highest BCUT2D eigenvalue weighted by atomic mass is 14.7. The highest BCUT2D eigenvalue weighted by Crippen LogP contribution is 2.46. The summed E-state index contributed by atoms with van der Waals surface area (Å²) in [6, 6.07) is 70.6. The van der Waals surface area contributed by atoms with Crippen LogP contribution in [0.5, 0.6) is 0 Å². The van der Waals surface area contributed by atoms with Gasteiger partial charge < -0.3 is 0 Å². The van der Waals surface area contributed by atoms with Crippen LogP contribution in [0.25, 0.3) is 120 Å². The van der Waals surface area contributed by atoms with Crippen molar-refractivity contribution in [1.29, 1.82) is 0 Å². The molecule has 0 fully saturated rings. The minimum Gasteiger partial charge on any atom is -0.256 e. The van der Waals surface area contributed by atoms with Gasteiger partial charge in [0.2, 0.25) is 0 Å². The van der Waals surface area contributed by atoms with Crippen molar-refractivity contribution in [2.45, 2.75) is 0 Å². The van der Waals surface area contributed by atoms with Gasteiger partial charge in [-0.15, -0.1) is 0 Å². The monoisotopic (exact) mass is 734 g/mol. The first-order valence-electron chi connectivity index (χ1n) is 19.9.